The number of esters is 2. The van der Waals surface area contributed by atoms with E-state index in [4.69, 9.17) is 14.0 Å². The van der Waals surface area contributed by atoms with Crippen LogP contribution >= 0.6 is 21.3 Å². The van der Waals surface area contributed by atoms with Crippen molar-refractivity contribution in [2.45, 2.75) is 167 Å². The number of ether oxygens (including phenoxy) is 2. The van der Waals surface area contributed by atoms with Gasteiger partial charge in [0.1, 0.15) is 13.2 Å². The van der Waals surface area contributed by atoms with Gasteiger partial charge < -0.3 is 9.47 Å². The van der Waals surface area contributed by atoms with Gasteiger partial charge in [0.05, 0.1) is 0 Å². The van der Waals surface area contributed by atoms with Gasteiger partial charge in [0.15, 0.2) is 6.10 Å². The first-order valence-corrected chi connectivity index (χ1v) is 17.4. The van der Waals surface area contributed by atoms with E-state index in [0.717, 1.165) is 44.3 Å². The van der Waals surface area contributed by atoms with Crippen LogP contribution in [0.15, 0.2) is 0 Å². The second-order valence-electron chi connectivity index (χ2n) is 10.8. The topological polar surface area (TPSA) is 78.9 Å². The van der Waals surface area contributed by atoms with Gasteiger partial charge in [-0.2, -0.15) is 12.6 Å². The number of carbonyl (C=O) groups is 2. The highest BCUT2D eigenvalue weighted by Gasteiger charge is 2.17. The van der Waals surface area contributed by atoms with E-state index >= 15 is 0 Å². The lowest BCUT2D eigenvalue weighted by Gasteiger charge is -2.16. The van der Waals surface area contributed by atoms with Crippen molar-refractivity contribution in [2.24, 2.45) is 0 Å². The molecule has 8 heteroatoms. The summed E-state index contributed by atoms with van der Waals surface area (Å²) in [7, 11) is -0.484. The molecule has 0 aliphatic heterocycles. The predicted molar refractivity (Wildman–Crippen MR) is 165 cm³/mol. The standard InChI is InChI=1S/C31H59O6PS/c1-2-3-4-5-6-7-8-9-10-12-16-19-22-25-31(33)37-29(28-36-38-34)27-35-30(32)24-21-18-15-13-11-14-17-20-23-26-39/h29,39H,2-28H2,1H3/t29-/m0/s1. The summed E-state index contributed by atoms with van der Waals surface area (Å²) < 4.78 is 26.3. The van der Waals surface area contributed by atoms with Gasteiger partial charge >= 0.3 is 20.6 Å². The van der Waals surface area contributed by atoms with E-state index in [1.807, 2.05) is 0 Å². The second-order valence-corrected chi connectivity index (χ2v) is 11.7. The minimum atomic E-state index is -0.729. The molecule has 1 atom stereocenters. The summed E-state index contributed by atoms with van der Waals surface area (Å²) in [5, 5.41) is 0. The highest BCUT2D eigenvalue weighted by atomic mass is 32.1. The Balaban J connectivity index is 3.77. The SMILES string of the molecule is CCCCCCCCCCCCCCCC(=O)O[C@H](COP=O)COC(=O)CCCCCCCCCCCS. The van der Waals surface area contributed by atoms with Crippen LogP contribution < -0.4 is 0 Å². The predicted octanol–water partition coefficient (Wildman–Crippen LogP) is 9.98. The highest BCUT2D eigenvalue weighted by molar-refractivity contribution is 7.80. The third-order valence-electron chi connectivity index (χ3n) is 7.06. The number of hydrogen-bond acceptors (Lipinski definition) is 7. The summed E-state index contributed by atoms with van der Waals surface area (Å²) in [5.74, 6) is 0.360. The smallest absolute Gasteiger partial charge is 0.327 e. The third kappa shape index (κ3) is 30.1. The molecule has 0 spiro atoms. The van der Waals surface area contributed by atoms with E-state index in [2.05, 4.69) is 19.6 Å². The van der Waals surface area contributed by atoms with Crippen LogP contribution in [0.5, 0.6) is 0 Å². The van der Waals surface area contributed by atoms with Crippen molar-refractivity contribution in [3.63, 3.8) is 0 Å². The van der Waals surface area contributed by atoms with Crippen molar-refractivity contribution in [2.75, 3.05) is 19.0 Å². The fraction of sp³-hybridized carbons (Fsp3) is 0.935. The maximum Gasteiger partial charge on any atom is 0.327 e. The summed E-state index contributed by atoms with van der Waals surface area (Å²) in [6.45, 7) is 2.13. The fourth-order valence-electron chi connectivity index (χ4n) is 4.64. The number of carbonyl (C=O) groups excluding carboxylic acids is 2. The molecule has 0 saturated carbocycles. The van der Waals surface area contributed by atoms with E-state index in [1.165, 1.54) is 103 Å². The molecule has 0 aromatic heterocycles. The van der Waals surface area contributed by atoms with Crippen molar-refractivity contribution in [1.29, 1.82) is 0 Å². The molecule has 0 amide bonds. The molecule has 0 aromatic carbocycles. The zero-order valence-corrected chi connectivity index (χ0v) is 26.8. The van der Waals surface area contributed by atoms with Crippen LogP contribution in [0.2, 0.25) is 0 Å². The molecule has 0 radical (unpaired) electrons. The molecular weight excluding hydrogens is 531 g/mol. The first-order chi connectivity index (χ1) is 19.1. The van der Waals surface area contributed by atoms with Crippen LogP contribution in [-0.2, 0) is 28.2 Å². The monoisotopic (exact) mass is 590 g/mol. The molecule has 0 N–H and O–H groups in total. The quantitative estimate of drug-likeness (QED) is 0.0375. The Morgan fingerprint density at radius 2 is 1.00 bits per heavy atom. The molecule has 230 valence electrons. The summed E-state index contributed by atoms with van der Waals surface area (Å²) in [4.78, 5) is 24.3. The van der Waals surface area contributed by atoms with Crippen LogP contribution in [0.3, 0.4) is 0 Å². The second kappa shape index (κ2) is 31.9. The third-order valence-corrected chi connectivity index (χ3v) is 7.64. The fourth-order valence-corrected chi connectivity index (χ4v) is 5.09. The van der Waals surface area contributed by atoms with Crippen molar-refractivity contribution < 1.29 is 28.2 Å². The molecule has 0 aromatic rings. The molecule has 0 aliphatic carbocycles. The maximum absolute atomic E-state index is 12.2. The van der Waals surface area contributed by atoms with Gasteiger partial charge in [-0.05, 0) is 25.0 Å². The summed E-state index contributed by atoms with van der Waals surface area (Å²) >= 11 is 4.23. The minimum absolute atomic E-state index is 0.0589. The average molecular weight is 591 g/mol. The van der Waals surface area contributed by atoms with E-state index in [0.29, 0.717) is 12.8 Å². The van der Waals surface area contributed by atoms with Gasteiger partial charge in [0.25, 0.3) is 0 Å². The Kier molecular flexibility index (Phi) is 31.3. The highest BCUT2D eigenvalue weighted by Crippen LogP contribution is 2.14. The summed E-state index contributed by atoms with van der Waals surface area (Å²) in [6, 6.07) is 0. The van der Waals surface area contributed by atoms with E-state index in [1.54, 1.807) is 0 Å². The van der Waals surface area contributed by atoms with Crippen LogP contribution in [-0.4, -0.2) is 37.0 Å². The first-order valence-electron chi connectivity index (χ1n) is 16.0. The van der Waals surface area contributed by atoms with Gasteiger partial charge in [-0.3, -0.25) is 14.1 Å². The number of rotatable bonds is 31. The van der Waals surface area contributed by atoms with E-state index < -0.39 is 14.8 Å². The van der Waals surface area contributed by atoms with E-state index in [-0.39, 0.29) is 25.2 Å². The molecule has 0 heterocycles. The Hall–Kier alpha value is -0.650. The number of hydrogen-bond donors (Lipinski definition) is 1. The molecule has 6 nitrogen and oxygen atoms in total. The molecule has 39 heavy (non-hydrogen) atoms. The van der Waals surface area contributed by atoms with Crippen molar-refractivity contribution >= 4 is 33.3 Å². The average Bonchev–Trinajstić information content (AvgIpc) is 2.93. The molecule has 0 fully saturated rings. The van der Waals surface area contributed by atoms with Crippen LogP contribution in [0, 0.1) is 0 Å². The lowest BCUT2D eigenvalue weighted by Crippen LogP contribution is -2.28. The van der Waals surface area contributed by atoms with Crippen LogP contribution in [0.4, 0.5) is 0 Å². The zero-order chi connectivity index (χ0) is 28.7. The van der Waals surface area contributed by atoms with Crippen LogP contribution in [0.1, 0.15) is 161 Å². The molecule has 0 saturated heterocycles. The summed E-state index contributed by atoms with van der Waals surface area (Å²) in [5.41, 5.74) is 0. The largest absolute Gasteiger partial charge is 0.462 e. The Morgan fingerprint density at radius 1 is 0.590 bits per heavy atom. The normalized spacial score (nSPS) is 12.1. The van der Waals surface area contributed by atoms with Crippen molar-refractivity contribution in [1.82, 2.24) is 0 Å². The maximum atomic E-state index is 12.2. The Bertz CT molecular complexity index is 563. The van der Waals surface area contributed by atoms with Gasteiger partial charge in [-0.25, -0.2) is 4.57 Å². The van der Waals surface area contributed by atoms with Gasteiger partial charge in [-0.15, -0.1) is 0 Å². The number of thiol groups is 1. The van der Waals surface area contributed by atoms with Gasteiger partial charge in [0, 0.05) is 12.8 Å². The molecule has 0 bridgehead atoms. The van der Waals surface area contributed by atoms with Crippen LogP contribution in [0.25, 0.3) is 0 Å². The minimum Gasteiger partial charge on any atom is -0.462 e. The summed E-state index contributed by atoms with van der Waals surface area (Å²) in [6.07, 6.45) is 26.7. The first kappa shape index (κ1) is 38.4. The van der Waals surface area contributed by atoms with Crippen molar-refractivity contribution in [3.05, 3.63) is 0 Å². The Morgan fingerprint density at radius 3 is 1.44 bits per heavy atom. The molecular formula is C31H59O6PS. The molecule has 0 unspecified atom stereocenters. The lowest BCUT2D eigenvalue weighted by atomic mass is 10.0. The number of unbranched alkanes of at least 4 members (excludes halogenated alkanes) is 20. The lowest BCUT2D eigenvalue weighted by molar-refractivity contribution is -0.160. The molecule has 0 aliphatic rings. The Labute approximate surface area is 247 Å². The van der Waals surface area contributed by atoms with Gasteiger partial charge in [-0.1, -0.05) is 129 Å². The zero-order valence-electron chi connectivity index (χ0n) is 25.0. The molecule has 0 rings (SSSR count). The van der Waals surface area contributed by atoms with Gasteiger partial charge in [0.2, 0.25) is 0 Å². The van der Waals surface area contributed by atoms with E-state index in [9.17, 15) is 14.2 Å². The van der Waals surface area contributed by atoms with Crippen molar-refractivity contribution in [3.8, 4) is 0 Å².